The standard InChI is InChI=1S/C18H28N4O3/c1-14-10-21(4-6-24-3)11-18(14)12-22(5-7-25-13-18)17(23)16-9-19-15(2)8-20-16/h8-9,14H,4-7,10-13H2,1-3H3/t14-,18+/m1/s1. The third kappa shape index (κ3) is 3.99. The minimum atomic E-state index is -0.0556. The molecule has 2 aliphatic rings. The minimum absolute atomic E-state index is 0.0297. The van der Waals surface area contributed by atoms with Gasteiger partial charge in [-0.05, 0) is 12.8 Å². The maximum atomic E-state index is 12.9. The maximum Gasteiger partial charge on any atom is 0.274 e. The Labute approximate surface area is 149 Å². The third-order valence-corrected chi connectivity index (χ3v) is 5.42. The van der Waals surface area contributed by atoms with Crippen LogP contribution in [0.15, 0.2) is 12.4 Å². The van der Waals surface area contributed by atoms with E-state index >= 15 is 0 Å². The fourth-order valence-electron chi connectivity index (χ4n) is 3.82. The summed E-state index contributed by atoms with van der Waals surface area (Å²) in [5.74, 6) is 0.404. The molecule has 3 heterocycles. The van der Waals surface area contributed by atoms with Gasteiger partial charge in [-0.2, -0.15) is 0 Å². The lowest BCUT2D eigenvalue weighted by molar-refractivity contribution is 0.0467. The van der Waals surface area contributed by atoms with Crippen LogP contribution in [-0.2, 0) is 9.47 Å². The number of aryl methyl sites for hydroxylation is 1. The molecule has 2 atom stereocenters. The number of carbonyl (C=O) groups is 1. The molecule has 2 fully saturated rings. The molecular weight excluding hydrogens is 320 g/mol. The van der Waals surface area contributed by atoms with E-state index in [0.29, 0.717) is 37.9 Å². The number of ether oxygens (including phenoxy) is 2. The molecule has 2 aliphatic heterocycles. The lowest BCUT2D eigenvalue weighted by Gasteiger charge is -2.35. The van der Waals surface area contributed by atoms with Crippen LogP contribution < -0.4 is 0 Å². The molecule has 1 aromatic rings. The van der Waals surface area contributed by atoms with Gasteiger partial charge in [-0.25, -0.2) is 4.98 Å². The van der Waals surface area contributed by atoms with Crippen molar-refractivity contribution in [2.75, 3.05) is 59.7 Å². The highest BCUT2D eigenvalue weighted by Crippen LogP contribution is 2.38. The molecule has 1 amide bonds. The van der Waals surface area contributed by atoms with Gasteiger partial charge in [-0.15, -0.1) is 0 Å². The van der Waals surface area contributed by atoms with Gasteiger partial charge in [-0.1, -0.05) is 6.92 Å². The van der Waals surface area contributed by atoms with Crippen molar-refractivity contribution in [3.63, 3.8) is 0 Å². The van der Waals surface area contributed by atoms with E-state index in [0.717, 1.165) is 31.9 Å². The molecule has 0 radical (unpaired) electrons. The first kappa shape index (κ1) is 18.2. The minimum Gasteiger partial charge on any atom is -0.383 e. The van der Waals surface area contributed by atoms with Crippen molar-refractivity contribution in [2.45, 2.75) is 13.8 Å². The zero-order valence-corrected chi connectivity index (χ0v) is 15.4. The highest BCUT2D eigenvalue weighted by molar-refractivity contribution is 5.92. The number of amides is 1. The molecule has 2 saturated heterocycles. The Morgan fingerprint density at radius 2 is 2.24 bits per heavy atom. The molecule has 1 spiro atoms. The van der Waals surface area contributed by atoms with Crippen LogP contribution in [-0.4, -0.2) is 85.3 Å². The predicted molar refractivity (Wildman–Crippen MR) is 93.4 cm³/mol. The topological polar surface area (TPSA) is 67.8 Å². The normalized spacial score (nSPS) is 27.6. The zero-order chi connectivity index (χ0) is 17.9. The molecule has 0 aromatic carbocycles. The van der Waals surface area contributed by atoms with Gasteiger partial charge >= 0.3 is 0 Å². The summed E-state index contributed by atoms with van der Waals surface area (Å²) < 4.78 is 11.1. The summed E-state index contributed by atoms with van der Waals surface area (Å²) >= 11 is 0. The molecule has 0 saturated carbocycles. The average molecular weight is 348 g/mol. The average Bonchev–Trinajstić information content (AvgIpc) is 2.78. The predicted octanol–water partition coefficient (Wildman–Crippen LogP) is 0.842. The van der Waals surface area contributed by atoms with E-state index in [-0.39, 0.29) is 11.3 Å². The Hall–Kier alpha value is -1.57. The summed E-state index contributed by atoms with van der Waals surface area (Å²) in [5.41, 5.74) is 1.19. The summed E-state index contributed by atoms with van der Waals surface area (Å²) in [7, 11) is 1.73. The Kier molecular flexibility index (Phi) is 5.66. The van der Waals surface area contributed by atoms with Crippen molar-refractivity contribution in [2.24, 2.45) is 11.3 Å². The Morgan fingerprint density at radius 3 is 2.96 bits per heavy atom. The van der Waals surface area contributed by atoms with Crippen LogP contribution in [0.3, 0.4) is 0 Å². The van der Waals surface area contributed by atoms with Crippen molar-refractivity contribution in [1.29, 1.82) is 0 Å². The molecule has 1 aromatic heterocycles. The summed E-state index contributed by atoms with van der Waals surface area (Å²) in [5, 5.41) is 0. The molecule has 7 nitrogen and oxygen atoms in total. The molecule has 0 unspecified atom stereocenters. The van der Waals surface area contributed by atoms with Crippen molar-refractivity contribution in [3.8, 4) is 0 Å². The highest BCUT2D eigenvalue weighted by Gasteiger charge is 2.47. The summed E-state index contributed by atoms with van der Waals surface area (Å²) in [4.78, 5) is 25.7. The number of hydrogen-bond acceptors (Lipinski definition) is 6. The second-order valence-corrected chi connectivity index (χ2v) is 7.31. The van der Waals surface area contributed by atoms with Crippen LogP contribution in [0, 0.1) is 18.3 Å². The molecular formula is C18H28N4O3. The lowest BCUT2D eigenvalue weighted by atomic mass is 9.79. The van der Waals surface area contributed by atoms with Crippen molar-refractivity contribution >= 4 is 5.91 Å². The second-order valence-electron chi connectivity index (χ2n) is 7.31. The smallest absolute Gasteiger partial charge is 0.274 e. The number of likely N-dealkylation sites (tertiary alicyclic amines) is 1. The van der Waals surface area contributed by atoms with E-state index in [1.165, 1.54) is 0 Å². The summed E-state index contributed by atoms with van der Waals surface area (Å²) in [6, 6.07) is 0. The van der Waals surface area contributed by atoms with Gasteiger partial charge in [0.1, 0.15) is 5.69 Å². The first-order valence-electron chi connectivity index (χ1n) is 8.91. The molecule has 0 aliphatic carbocycles. The summed E-state index contributed by atoms with van der Waals surface area (Å²) in [6.07, 6.45) is 3.21. The first-order valence-corrected chi connectivity index (χ1v) is 8.91. The number of rotatable bonds is 4. The fourth-order valence-corrected chi connectivity index (χ4v) is 3.82. The van der Waals surface area contributed by atoms with E-state index in [9.17, 15) is 4.79 Å². The Balaban J connectivity index is 1.74. The van der Waals surface area contributed by atoms with Crippen molar-refractivity contribution in [1.82, 2.24) is 19.8 Å². The van der Waals surface area contributed by atoms with Crippen molar-refractivity contribution < 1.29 is 14.3 Å². The third-order valence-electron chi connectivity index (χ3n) is 5.42. The van der Waals surface area contributed by atoms with E-state index in [4.69, 9.17) is 9.47 Å². The van der Waals surface area contributed by atoms with Crippen LogP contribution in [0.5, 0.6) is 0 Å². The quantitative estimate of drug-likeness (QED) is 0.803. The number of aromatic nitrogens is 2. The van der Waals surface area contributed by atoms with Gasteiger partial charge in [0.05, 0.1) is 31.7 Å². The van der Waals surface area contributed by atoms with Crippen LogP contribution >= 0.6 is 0 Å². The van der Waals surface area contributed by atoms with Gasteiger partial charge in [0.15, 0.2) is 0 Å². The van der Waals surface area contributed by atoms with E-state index < -0.39 is 0 Å². The van der Waals surface area contributed by atoms with Crippen LogP contribution in [0.4, 0.5) is 0 Å². The lowest BCUT2D eigenvalue weighted by Crippen LogP contribution is -2.46. The fraction of sp³-hybridized carbons (Fsp3) is 0.722. The molecule has 0 N–H and O–H groups in total. The largest absolute Gasteiger partial charge is 0.383 e. The van der Waals surface area contributed by atoms with Gasteiger partial charge in [-0.3, -0.25) is 9.78 Å². The summed E-state index contributed by atoms with van der Waals surface area (Å²) in [6.45, 7) is 10.3. The van der Waals surface area contributed by atoms with Crippen LogP contribution in [0.25, 0.3) is 0 Å². The number of methoxy groups -OCH3 is 1. The molecule has 3 rings (SSSR count). The molecule has 25 heavy (non-hydrogen) atoms. The molecule has 7 heteroatoms. The van der Waals surface area contributed by atoms with Crippen LogP contribution in [0.2, 0.25) is 0 Å². The van der Waals surface area contributed by atoms with Gasteiger partial charge in [0.25, 0.3) is 5.91 Å². The first-order chi connectivity index (χ1) is 12.0. The van der Waals surface area contributed by atoms with E-state index in [2.05, 4.69) is 21.8 Å². The zero-order valence-electron chi connectivity index (χ0n) is 15.4. The number of carbonyl (C=O) groups excluding carboxylic acids is 1. The SMILES string of the molecule is COCCN1C[C@@H](C)[C@@]2(COCCN(C(=O)c3cnc(C)cn3)C2)C1. The number of hydrogen-bond donors (Lipinski definition) is 0. The Morgan fingerprint density at radius 1 is 1.40 bits per heavy atom. The van der Waals surface area contributed by atoms with Gasteiger partial charge in [0.2, 0.25) is 0 Å². The van der Waals surface area contributed by atoms with Crippen molar-refractivity contribution in [3.05, 3.63) is 23.8 Å². The monoisotopic (exact) mass is 348 g/mol. The molecule has 138 valence electrons. The Bertz CT molecular complexity index is 594. The van der Waals surface area contributed by atoms with Gasteiger partial charge in [0, 0.05) is 51.4 Å². The maximum absolute atomic E-state index is 12.9. The highest BCUT2D eigenvalue weighted by atomic mass is 16.5. The van der Waals surface area contributed by atoms with Crippen LogP contribution in [0.1, 0.15) is 23.1 Å². The van der Waals surface area contributed by atoms with E-state index in [1.807, 2.05) is 11.8 Å². The van der Waals surface area contributed by atoms with E-state index in [1.54, 1.807) is 19.5 Å². The van der Waals surface area contributed by atoms with Gasteiger partial charge < -0.3 is 19.3 Å². The molecule has 0 bridgehead atoms. The number of nitrogens with zero attached hydrogens (tertiary/aromatic N) is 4. The second kappa shape index (κ2) is 7.76.